The van der Waals surface area contributed by atoms with Crippen LogP contribution in [0.4, 0.5) is 10.2 Å². The first-order valence-corrected chi connectivity index (χ1v) is 7.74. The fraction of sp³-hybridized carbons (Fsp3) is 0.231. The molecule has 1 aromatic heterocycles. The average Bonchev–Trinajstić information content (AvgIpc) is 2.77. The predicted molar refractivity (Wildman–Crippen MR) is 80.1 cm³/mol. The molecule has 4 nitrogen and oxygen atoms in total. The molecular formula is C13H12BrFN2O2S. The molecule has 0 aliphatic carbocycles. The molecule has 0 aliphatic heterocycles. The van der Waals surface area contributed by atoms with Gasteiger partial charge in [0.25, 0.3) is 0 Å². The van der Waals surface area contributed by atoms with E-state index in [-0.39, 0.29) is 17.5 Å². The van der Waals surface area contributed by atoms with Gasteiger partial charge in [-0.1, -0.05) is 27.2 Å². The summed E-state index contributed by atoms with van der Waals surface area (Å²) in [4.78, 5) is 11.7. The minimum atomic E-state index is -0.287. The molecule has 1 aromatic carbocycles. The topological polar surface area (TPSA) is 55.1 Å². The summed E-state index contributed by atoms with van der Waals surface area (Å²) < 4.78 is 18.5. The Bertz CT molecular complexity index is 618. The van der Waals surface area contributed by atoms with Crippen LogP contribution in [0.5, 0.6) is 0 Å². The number of carbonyl (C=O) groups is 1. The lowest BCUT2D eigenvalue weighted by Gasteiger charge is -2.04. The molecule has 20 heavy (non-hydrogen) atoms. The highest BCUT2D eigenvalue weighted by atomic mass is 79.9. The predicted octanol–water partition coefficient (Wildman–Crippen LogP) is 3.76. The largest absolute Gasteiger partial charge is 0.360 e. The first kappa shape index (κ1) is 15.1. The third kappa shape index (κ3) is 4.35. The summed E-state index contributed by atoms with van der Waals surface area (Å²) in [6.07, 6.45) is 0. The number of hydrogen-bond donors (Lipinski definition) is 1. The van der Waals surface area contributed by atoms with Crippen molar-refractivity contribution >= 4 is 39.4 Å². The number of nitrogens with zero attached hydrogens (tertiary/aromatic N) is 1. The molecule has 1 amide bonds. The van der Waals surface area contributed by atoms with Gasteiger partial charge in [0.15, 0.2) is 5.82 Å². The van der Waals surface area contributed by atoms with Gasteiger partial charge in [0.1, 0.15) is 11.6 Å². The van der Waals surface area contributed by atoms with Crippen LogP contribution in [0.25, 0.3) is 0 Å². The van der Waals surface area contributed by atoms with Crippen LogP contribution in [0.3, 0.4) is 0 Å². The third-order valence-corrected chi connectivity index (χ3v) is 4.12. The Morgan fingerprint density at radius 1 is 1.50 bits per heavy atom. The molecular weight excluding hydrogens is 347 g/mol. The van der Waals surface area contributed by atoms with Crippen molar-refractivity contribution in [2.75, 3.05) is 11.1 Å². The molecule has 0 fully saturated rings. The van der Waals surface area contributed by atoms with Gasteiger partial charge in [-0.25, -0.2) is 4.39 Å². The van der Waals surface area contributed by atoms with Crippen molar-refractivity contribution in [3.8, 4) is 0 Å². The number of hydrogen-bond acceptors (Lipinski definition) is 4. The molecule has 1 N–H and O–H groups in total. The van der Waals surface area contributed by atoms with Crippen molar-refractivity contribution in [2.45, 2.75) is 12.7 Å². The Morgan fingerprint density at radius 3 is 2.95 bits per heavy atom. The van der Waals surface area contributed by atoms with E-state index in [2.05, 4.69) is 26.4 Å². The lowest BCUT2D eigenvalue weighted by Crippen LogP contribution is -2.14. The summed E-state index contributed by atoms with van der Waals surface area (Å²) in [5.74, 6) is 1.52. The van der Waals surface area contributed by atoms with Crippen LogP contribution in [-0.4, -0.2) is 16.8 Å². The number of halogens is 2. The third-order valence-electron chi connectivity index (χ3n) is 2.40. The number of aryl methyl sites for hydroxylation is 1. The van der Waals surface area contributed by atoms with E-state index in [0.29, 0.717) is 21.8 Å². The number of carbonyl (C=O) groups excluding carboxylic acids is 1. The van der Waals surface area contributed by atoms with Gasteiger partial charge in [0, 0.05) is 16.3 Å². The SMILES string of the molecule is Cc1cc(NC(=O)CSCc2ccc(F)cc2Br)no1. The van der Waals surface area contributed by atoms with Crippen molar-refractivity contribution in [3.05, 3.63) is 45.9 Å². The quantitative estimate of drug-likeness (QED) is 0.883. The maximum Gasteiger partial charge on any atom is 0.235 e. The van der Waals surface area contributed by atoms with Gasteiger partial charge in [0.2, 0.25) is 5.91 Å². The molecule has 0 aliphatic rings. The van der Waals surface area contributed by atoms with E-state index in [0.717, 1.165) is 5.56 Å². The van der Waals surface area contributed by atoms with Crippen molar-refractivity contribution in [1.82, 2.24) is 5.16 Å². The number of nitrogens with one attached hydrogen (secondary N) is 1. The molecule has 0 radical (unpaired) electrons. The van der Waals surface area contributed by atoms with Crippen molar-refractivity contribution in [2.24, 2.45) is 0 Å². The summed E-state index contributed by atoms with van der Waals surface area (Å²) in [6.45, 7) is 1.75. The lowest BCUT2D eigenvalue weighted by molar-refractivity contribution is -0.113. The van der Waals surface area contributed by atoms with E-state index in [1.807, 2.05) is 0 Å². The zero-order valence-corrected chi connectivity index (χ0v) is 13.1. The first-order chi connectivity index (χ1) is 9.54. The van der Waals surface area contributed by atoms with Crippen molar-refractivity contribution < 1.29 is 13.7 Å². The van der Waals surface area contributed by atoms with Crippen molar-refractivity contribution in [1.29, 1.82) is 0 Å². The highest BCUT2D eigenvalue weighted by Gasteiger charge is 2.07. The van der Waals surface area contributed by atoms with Crippen LogP contribution in [0.15, 0.2) is 33.3 Å². The van der Waals surface area contributed by atoms with Crippen LogP contribution in [0, 0.1) is 12.7 Å². The molecule has 0 bridgehead atoms. The van der Waals surface area contributed by atoms with Gasteiger partial charge in [-0.3, -0.25) is 4.79 Å². The minimum Gasteiger partial charge on any atom is -0.360 e. The average molecular weight is 359 g/mol. The molecule has 1 heterocycles. The minimum absolute atomic E-state index is 0.151. The van der Waals surface area contributed by atoms with Crippen molar-refractivity contribution in [3.63, 3.8) is 0 Å². The smallest absolute Gasteiger partial charge is 0.235 e. The molecule has 2 rings (SSSR count). The zero-order valence-electron chi connectivity index (χ0n) is 10.7. The van der Waals surface area contributed by atoms with Crippen LogP contribution >= 0.6 is 27.7 Å². The van der Waals surface area contributed by atoms with Gasteiger partial charge >= 0.3 is 0 Å². The maximum absolute atomic E-state index is 12.9. The zero-order chi connectivity index (χ0) is 14.5. The van der Waals surface area contributed by atoms with Gasteiger partial charge < -0.3 is 9.84 Å². The van der Waals surface area contributed by atoms with E-state index >= 15 is 0 Å². The number of anilines is 1. The molecule has 7 heteroatoms. The summed E-state index contributed by atoms with van der Waals surface area (Å²) in [5.41, 5.74) is 0.946. The second-order valence-electron chi connectivity index (χ2n) is 4.10. The Labute approximate surface area is 128 Å². The second-order valence-corrected chi connectivity index (χ2v) is 5.94. The molecule has 106 valence electrons. The summed E-state index contributed by atoms with van der Waals surface area (Å²) in [6, 6.07) is 6.16. The number of rotatable bonds is 5. The summed E-state index contributed by atoms with van der Waals surface area (Å²) >= 11 is 4.73. The van der Waals surface area contributed by atoms with E-state index < -0.39 is 0 Å². The van der Waals surface area contributed by atoms with E-state index in [1.165, 1.54) is 23.9 Å². The standard InChI is InChI=1S/C13H12BrFN2O2S/c1-8-4-12(17-19-8)16-13(18)7-20-6-9-2-3-10(15)5-11(9)14/h2-5H,6-7H2,1H3,(H,16,17,18). The molecule has 0 spiro atoms. The number of amides is 1. The Balaban J connectivity index is 1.79. The van der Waals surface area contributed by atoms with Gasteiger partial charge in [-0.05, 0) is 24.6 Å². The van der Waals surface area contributed by atoms with Crippen LogP contribution < -0.4 is 5.32 Å². The molecule has 0 saturated heterocycles. The fourth-order valence-electron chi connectivity index (χ4n) is 1.50. The Kier molecular flexibility index (Phi) is 5.19. The van der Waals surface area contributed by atoms with Crippen LogP contribution in [0.1, 0.15) is 11.3 Å². The molecule has 0 atom stereocenters. The molecule has 0 unspecified atom stereocenters. The Hall–Kier alpha value is -1.34. The van der Waals surface area contributed by atoms with E-state index in [1.54, 1.807) is 19.1 Å². The first-order valence-electron chi connectivity index (χ1n) is 5.79. The number of benzene rings is 1. The number of aromatic nitrogens is 1. The second kappa shape index (κ2) is 6.90. The lowest BCUT2D eigenvalue weighted by atomic mass is 10.2. The normalized spacial score (nSPS) is 10.6. The number of thioether (sulfide) groups is 1. The van der Waals surface area contributed by atoms with E-state index in [4.69, 9.17) is 4.52 Å². The Morgan fingerprint density at radius 2 is 2.30 bits per heavy atom. The molecule has 2 aromatic rings. The summed E-state index contributed by atoms with van der Waals surface area (Å²) in [5, 5.41) is 6.32. The monoisotopic (exact) mass is 358 g/mol. The van der Waals surface area contributed by atoms with Crippen LogP contribution in [0.2, 0.25) is 0 Å². The molecule has 0 saturated carbocycles. The van der Waals surface area contributed by atoms with Gasteiger partial charge in [0.05, 0.1) is 5.75 Å². The van der Waals surface area contributed by atoms with Crippen LogP contribution in [-0.2, 0) is 10.5 Å². The van der Waals surface area contributed by atoms with Gasteiger partial charge in [-0.15, -0.1) is 11.8 Å². The summed E-state index contributed by atoms with van der Waals surface area (Å²) in [7, 11) is 0. The highest BCUT2D eigenvalue weighted by molar-refractivity contribution is 9.10. The fourth-order valence-corrected chi connectivity index (χ4v) is 3.00. The highest BCUT2D eigenvalue weighted by Crippen LogP contribution is 2.22. The van der Waals surface area contributed by atoms with Gasteiger partial charge in [-0.2, -0.15) is 0 Å². The van der Waals surface area contributed by atoms with E-state index in [9.17, 15) is 9.18 Å². The maximum atomic E-state index is 12.9.